The first-order chi connectivity index (χ1) is 9.30. The minimum atomic E-state index is -4.36. The molecule has 0 saturated carbocycles. The smallest absolute Gasteiger partial charge is 0.320 e. The van der Waals surface area contributed by atoms with E-state index in [2.05, 4.69) is 15.9 Å². The maximum Gasteiger partial charge on any atom is 0.416 e. The van der Waals surface area contributed by atoms with Gasteiger partial charge in [-0.25, -0.2) is 0 Å². The van der Waals surface area contributed by atoms with Crippen LogP contribution in [0.3, 0.4) is 0 Å². The number of alkyl halides is 3. The molecule has 0 radical (unpaired) electrons. The maximum atomic E-state index is 12.7. The number of aryl methyl sites for hydroxylation is 1. The van der Waals surface area contributed by atoms with E-state index >= 15 is 0 Å². The number of benzene rings is 2. The second-order valence-electron chi connectivity index (χ2n) is 4.58. The minimum absolute atomic E-state index is 0.436. The van der Waals surface area contributed by atoms with Crippen molar-refractivity contribution in [2.24, 2.45) is 5.73 Å². The van der Waals surface area contributed by atoms with Crippen LogP contribution in [0.4, 0.5) is 13.2 Å². The third-order valence-corrected chi connectivity index (χ3v) is 4.21. The van der Waals surface area contributed by atoms with E-state index < -0.39 is 17.8 Å². The summed E-state index contributed by atoms with van der Waals surface area (Å²) in [5.41, 5.74) is 7.61. The van der Waals surface area contributed by atoms with E-state index in [4.69, 9.17) is 5.73 Å². The first kappa shape index (κ1) is 15.1. The molecular weight excluding hydrogens is 331 g/mol. The van der Waals surface area contributed by atoms with Gasteiger partial charge in [0.15, 0.2) is 0 Å². The maximum absolute atomic E-state index is 12.7. The number of halogens is 4. The molecule has 0 spiro atoms. The van der Waals surface area contributed by atoms with Gasteiger partial charge in [-0.15, -0.1) is 0 Å². The molecule has 2 aromatic carbocycles. The van der Waals surface area contributed by atoms with E-state index in [1.165, 1.54) is 6.07 Å². The zero-order valence-corrected chi connectivity index (χ0v) is 12.3. The van der Waals surface area contributed by atoms with Gasteiger partial charge in [0.2, 0.25) is 0 Å². The molecule has 0 aliphatic carbocycles. The average molecular weight is 344 g/mol. The van der Waals surface area contributed by atoms with Crippen LogP contribution in [0.1, 0.15) is 28.3 Å². The summed E-state index contributed by atoms with van der Waals surface area (Å²) in [5, 5.41) is 0. The van der Waals surface area contributed by atoms with Crippen LogP contribution in [0.25, 0.3) is 0 Å². The van der Waals surface area contributed by atoms with Gasteiger partial charge in [-0.1, -0.05) is 46.3 Å². The number of hydrogen-bond acceptors (Lipinski definition) is 1. The fourth-order valence-electron chi connectivity index (χ4n) is 2.00. The largest absolute Gasteiger partial charge is 0.416 e. The first-order valence-electron chi connectivity index (χ1n) is 5.98. The highest BCUT2D eigenvalue weighted by atomic mass is 79.9. The quantitative estimate of drug-likeness (QED) is 0.830. The fraction of sp³-hybridized carbons (Fsp3) is 0.200. The number of hydrogen-bond donors (Lipinski definition) is 1. The van der Waals surface area contributed by atoms with Gasteiger partial charge in [-0.3, -0.25) is 0 Å². The summed E-state index contributed by atoms with van der Waals surface area (Å²) in [6.45, 7) is 1.91. The van der Waals surface area contributed by atoms with Gasteiger partial charge in [0, 0.05) is 4.47 Å². The average Bonchev–Trinajstić information content (AvgIpc) is 2.40. The van der Waals surface area contributed by atoms with Crippen molar-refractivity contribution in [3.8, 4) is 0 Å². The first-order valence-corrected chi connectivity index (χ1v) is 6.77. The lowest BCUT2D eigenvalue weighted by atomic mass is 9.97. The molecule has 5 heteroatoms. The topological polar surface area (TPSA) is 26.0 Å². The van der Waals surface area contributed by atoms with Crippen LogP contribution in [-0.2, 0) is 6.18 Å². The molecule has 0 heterocycles. The summed E-state index contributed by atoms with van der Waals surface area (Å²) in [4.78, 5) is 0. The van der Waals surface area contributed by atoms with Gasteiger partial charge in [-0.05, 0) is 35.7 Å². The van der Waals surface area contributed by atoms with Gasteiger partial charge < -0.3 is 5.73 Å². The molecule has 0 saturated heterocycles. The second kappa shape index (κ2) is 5.58. The summed E-state index contributed by atoms with van der Waals surface area (Å²) >= 11 is 3.43. The van der Waals surface area contributed by atoms with Gasteiger partial charge in [0.05, 0.1) is 11.6 Å². The lowest BCUT2D eigenvalue weighted by Crippen LogP contribution is -2.14. The van der Waals surface area contributed by atoms with Gasteiger partial charge in [0.1, 0.15) is 0 Å². The van der Waals surface area contributed by atoms with Crippen LogP contribution >= 0.6 is 15.9 Å². The summed E-state index contributed by atoms with van der Waals surface area (Å²) in [7, 11) is 0. The van der Waals surface area contributed by atoms with Crippen LogP contribution in [0, 0.1) is 6.92 Å². The lowest BCUT2D eigenvalue weighted by Gasteiger charge is -2.17. The molecule has 2 aromatic rings. The van der Waals surface area contributed by atoms with Crippen LogP contribution in [0.5, 0.6) is 0 Å². The molecule has 0 aliphatic rings. The van der Waals surface area contributed by atoms with Gasteiger partial charge in [0.25, 0.3) is 0 Å². The third-order valence-electron chi connectivity index (χ3n) is 3.13. The van der Waals surface area contributed by atoms with Crippen molar-refractivity contribution in [1.29, 1.82) is 0 Å². The molecule has 2 N–H and O–H groups in total. The monoisotopic (exact) mass is 343 g/mol. The van der Waals surface area contributed by atoms with Crippen molar-refractivity contribution in [1.82, 2.24) is 0 Å². The summed E-state index contributed by atoms with van der Waals surface area (Å²) < 4.78 is 39.0. The van der Waals surface area contributed by atoms with E-state index in [-0.39, 0.29) is 0 Å². The van der Waals surface area contributed by atoms with Crippen molar-refractivity contribution in [2.75, 3.05) is 0 Å². The standard InChI is InChI=1S/C15H13BrF3N/c1-9-4-2-7-12(13(9)16)14(20)10-5-3-6-11(8-10)15(17,18)19/h2-8,14H,20H2,1H3. The molecular formula is C15H13BrF3N. The fourth-order valence-corrected chi connectivity index (χ4v) is 2.51. The number of nitrogens with two attached hydrogens (primary N) is 1. The molecule has 0 amide bonds. The van der Waals surface area contributed by atoms with Crippen LogP contribution in [-0.4, -0.2) is 0 Å². The Bertz CT molecular complexity index is 623. The van der Waals surface area contributed by atoms with E-state index in [1.54, 1.807) is 6.07 Å². The van der Waals surface area contributed by atoms with Crippen molar-refractivity contribution in [3.63, 3.8) is 0 Å². The molecule has 106 valence electrons. The van der Waals surface area contributed by atoms with Gasteiger partial charge in [-0.2, -0.15) is 13.2 Å². The third kappa shape index (κ3) is 3.04. The van der Waals surface area contributed by atoms with E-state index in [1.807, 2.05) is 25.1 Å². The Balaban J connectivity index is 2.44. The van der Waals surface area contributed by atoms with Crippen molar-refractivity contribution < 1.29 is 13.2 Å². The molecule has 2 rings (SSSR count). The van der Waals surface area contributed by atoms with E-state index in [9.17, 15) is 13.2 Å². The zero-order valence-electron chi connectivity index (χ0n) is 10.7. The summed E-state index contributed by atoms with van der Waals surface area (Å²) in [5.74, 6) is 0. The summed E-state index contributed by atoms with van der Waals surface area (Å²) in [6, 6.07) is 10.1. The van der Waals surface area contributed by atoms with Crippen molar-refractivity contribution >= 4 is 15.9 Å². The Morgan fingerprint density at radius 2 is 1.75 bits per heavy atom. The lowest BCUT2D eigenvalue weighted by molar-refractivity contribution is -0.137. The SMILES string of the molecule is Cc1cccc(C(N)c2cccc(C(F)(F)F)c2)c1Br. The highest BCUT2D eigenvalue weighted by Crippen LogP contribution is 2.33. The summed E-state index contributed by atoms with van der Waals surface area (Å²) in [6.07, 6.45) is -4.36. The molecule has 20 heavy (non-hydrogen) atoms. The molecule has 0 aliphatic heterocycles. The Labute approximate surface area is 123 Å². The molecule has 1 nitrogen and oxygen atoms in total. The Hall–Kier alpha value is -1.33. The Kier molecular flexibility index (Phi) is 4.20. The van der Waals surface area contributed by atoms with Crippen molar-refractivity contribution in [2.45, 2.75) is 19.1 Å². The molecule has 0 bridgehead atoms. The predicted molar refractivity (Wildman–Crippen MR) is 76.4 cm³/mol. The van der Waals surface area contributed by atoms with Crippen LogP contribution < -0.4 is 5.73 Å². The molecule has 1 atom stereocenters. The highest BCUT2D eigenvalue weighted by Gasteiger charge is 2.31. The predicted octanol–water partition coefficient (Wildman–Crippen LogP) is 4.82. The normalized spacial score (nSPS) is 13.3. The van der Waals surface area contributed by atoms with E-state index in [0.717, 1.165) is 27.7 Å². The molecule has 1 unspecified atom stereocenters. The Morgan fingerprint density at radius 3 is 2.40 bits per heavy atom. The van der Waals surface area contributed by atoms with Gasteiger partial charge >= 0.3 is 6.18 Å². The highest BCUT2D eigenvalue weighted by molar-refractivity contribution is 9.10. The molecule has 0 aromatic heterocycles. The Morgan fingerprint density at radius 1 is 1.10 bits per heavy atom. The zero-order chi connectivity index (χ0) is 14.9. The van der Waals surface area contributed by atoms with Crippen molar-refractivity contribution in [3.05, 3.63) is 69.2 Å². The van der Waals surface area contributed by atoms with Crippen LogP contribution in [0.15, 0.2) is 46.9 Å². The number of rotatable bonds is 2. The second-order valence-corrected chi connectivity index (χ2v) is 5.37. The minimum Gasteiger partial charge on any atom is -0.320 e. The molecule has 0 fully saturated rings. The van der Waals surface area contributed by atoms with E-state index in [0.29, 0.717) is 5.56 Å². The van der Waals surface area contributed by atoms with Crippen LogP contribution in [0.2, 0.25) is 0 Å².